The second kappa shape index (κ2) is 5.95. The number of para-hydroxylation sites is 1. The van der Waals surface area contributed by atoms with E-state index in [0.29, 0.717) is 0 Å². The highest BCUT2D eigenvalue weighted by Crippen LogP contribution is 2.33. The third kappa shape index (κ3) is 2.59. The molecule has 0 saturated carbocycles. The number of benzene rings is 2. The number of rotatable bonds is 4. The van der Waals surface area contributed by atoms with Crippen molar-refractivity contribution in [3.8, 4) is 0 Å². The van der Waals surface area contributed by atoms with E-state index in [0.717, 1.165) is 15.7 Å². The first kappa shape index (κ1) is 13.6. The van der Waals surface area contributed by atoms with E-state index in [1.807, 2.05) is 36.4 Å². The van der Waals surface area contributed by atoms with Crippen LogP contribution in [0.3, 0.4) is 0 Å². The number of halogens is 1. The molecule has 0 aliphatic carbocycles. The van der Waals surface area contributed by atoms with Crippen molar-refractivity contribution in [2.75, 3.05) is 11.9 Å². The summed E-state index contributed by atoms with van der Waals surface area (Å²) in [4.78, 5) is 0. The molecule has 0 saturated heterocycles. The van der Waals surface area contributed by atoms with E-state index in [-0.39, 0.29) is 12.6 Å². The average molecular weight is 348 g/mol. The van der Waals surface area contributed by atoms with Gasteiger partial charge in [-0.05, 0) is 50.5 Å². The van der Waals surface area contributed by atoms with Crippen LogP contribution in [0.5, 0.6) is 0 Å². The van der Waals surface area contributed by atoms with Crippen molar-refractivity contribution >= 4 is 43.0 Å². The number of thiophene rings is 1. The number of nitrogens with one attached hydrogen (secondary N) is 1. The summed E-state index contributed by atoms with van der Waals surface area (Å²) in [7, 11) is 0. The summed E-state index contributed by atoms with van der Waals surface area (Å²) in [5, 5.41) is 16.5. The maximum atomic E-state index is 9.74. The molecule has 0 aliphatic heterocycles. The highest BCUT2D eigenvalue weighted by molar-refractivity contribution is 9.10. The quantitative estimate of drug-likeness (QED) is 0.709. The summed E-state index contributed by atoms with van der Waals surface area (Å²) in [6.07, 6.45) is 0. The van der Waals surface area contributed by atoms with Crippen molar-refractivity contribution in [3.63, 3.8) is 0 Å². The van der Waals surface area contributed by atoms with Gasteiger partial charge in [-0.15, -0.1) is 11.3 Å². The van der Waals surface area contributed by atoms with E-state index in [4.69, 9.17) is 0 Å². The molecule has 1 atom stereocenters. The Morgan fingerprint density at radius 2 is 1.85 bits per heavy atom. The molecule has 0 amide bonds. The standard InChI is InChI=1S/C16H14BrNOS/c17-13-6-2-3-7-14(13)18-15(9-19)12-10-20-16-8-4-1-5-11(12)16/h1-8,10,15,18-19H,9H2. The van der Waals surface area contributed by atoms with E-state index in [9.17, 15) is 5.11 Å². The second-order valence-corrected chi connectivity index (χ2v) is 6.31. The first-order valence-corrected chi connectivity index (χ1v) is 8.05. The Bertz CT molecular complexity index is 725. The monoisotopic (exact) mass is 347 g/mol. The van der Waals surface area contributed by atoms with Crippen LogP contribution in [0, 0.1) is 0 Å². The summed E-state index contributed by atoms with van der Waals surface area (Å²) in [5.74, 6) is 0. The largest absolute Gasteiger partial charge is 0.394 e. The first-order chi connectivity index (χ1) is 9.79. The minimum Gasteiger partial charge on any atom is -0.394 e. The lowest BCUT2D eigenvalue weighted by Gasteiger charge is -2.18. The molecule has 2 aromatic carbocycles. The molecule has 0 radical (unpaired) electrons. The summed E-state index contributed by atoms with van der Waals surface area (Å²) in [6, 6.07) is 16.1. The average Bonchev–Trinajstić information content (AvgIpc) is 2.90. The second-order valence-electron chi connectivity index (χ2n) is 4.55. The SMILES string of the molecule is OCC(Nc1ccccc1Br)c1csc2ccccc12. The number of hydrogen-bond donors (Lipinski definition) is 2. The Morgan fingerprint density at radius 1 is 1.10 bits per heavy atom. The van der Waals surface area contributed by atoms with Gasteiger partial charge in [0.15, 0.2) is 0 Å². The minimum absolute atomic E-state index is 0.0576. The number of hydrogen-bond acceptors (Lipinski definition) is 3. The van der Waals surface area contributed by atoms with E-state index in [1.54, 1.807) is 11.3 Å². The molecule has 1 aromatic heterocycles. The summed E-state index contributed by atoms with van der Waals surface area (Å²) in [5.41, 5.74) is 2.13. The minimum atomic E-state index is -0.107. The molecular formula is C16H14BrNOS. The van der Waals surface area contributed by atoms with Crippen molar-refractivity contribution < 1.29 is 5.11 Å². The van der Waals surface area contributed by atoms with E-state index >= 15 is 0 Å². The zero-order valence-electron chi connectivity index (χ0n) is 10.7. The normalized spacial score (nSPS) is 12.5. The van der Waals surface area contributed by atoms with Crippen LogP contribution in [-0.2, 0) is 0 Å². The predicted octanol–water partition coefficient (Wildman–Crippen LogP) is 4.81. The maximum Gasteiger partial charge on any atom is 0.0759 e. The number of fused-ring (bicyclic) bond motifs is 1. The fraction of sp³-hybridized carbons (Fsp3) is 0.125. The van der Waals surface area contributed by atoms with Crippen LogP contribution in [0.15, 0.2) is 58.4 Å². The topological polar surface area (TPSA) is 32.3 Å². The van der Waals surface area contributed by atoms with Gasteiger partial charge in [-0.3, -0.25) is 0 Å². The molecule has 3 rings (SSSR count). The molecule has 2 N–H and O–H groups in total. The highest BCUT2D eigenvalue weighted by atomic mass is 79.9. The van der Waals surface area contributed by atoms with Crippen molar-refractivity contribution in [1.82, 2.24) is 0 Å². The van der Waals surface area contributed by atoms with Crippen LogP contribution in [0.2, 0.25) is 0 Å². The number of aliphatic hydroxyl groups excluding tert-OH is 1. The Labute approximate surface area is 130 Å². The van der Waals surface area contributed by atoms with Crippen LogP contribution in [0.4, 0.5) is 5.69 Å². The van der Waals surface area contributed by atoms with Crippen LogP contribution in [0.1, 0.15) is 11.6 Å². The molecule has 3 aromatic rings. The van der Waals surface area contributed by atoms with Gasteiger partial charge in [0.05, 0.1) is 12.6 Å². The Hall–Kier alpha value is -1.36. The predicted molar refractivity (Wildman–Crippen MR) is 89.4 cm³/mol. The van der Waals surface area contributed by atoms with E-state index in [1.165, 1.54) is 10.1 Å². The molecule has 102 valence electrons. The smallest absolute Gasteiger partial charge is 0.0759 e. The van der Waals surface area contributed by atoms with Gasteiger partial charge < -0.3 is 10.4 Å². The lowest BCUT2D eigenvalue weighted by atomic mass is 10.1. The molecule has 0 bridgehead atoms. The fourth-order valence-electron chi connectivity index (χ4n) is 2.26. The molecule has 2 nitrogen and oxygen atoms in total. The van der Waals surface area contributed by atoms with Crippen LogP contribution in [0.25, 0.3) is 10.1 Å². The summed E-state index contributed by atoms with van der Waals surface area (Å²) in [6.45, 7) is 0.0576. The molecule has 4 heteroatoms. The van der Waals surface area contributed by atoms with Gasteiger partial charge in [-0.1, -0.05) is 30.3 Å². The zero-order chi connectivity index (χ0) is 13.9. The Balaban J connectivity index is 1.96. The molecule has 0 spiro atoms. The lowest BCUT2D eigenvalue weighted by Crippen LogP contribution is -2.14. The molecule has 0 fully saturated rings. The van der Waals surface area contributed by atoms with Crippen molar-refractivity contribution in [2.24, 2.45) is 0 Å². The van der Waals surface area contributed by atoms with Gasteiger partial charge in [0.25, 0.3) is 0 Å². The first-order valence-electron chi connectivity index (χ1n) is 6.37. The van der Waals surface area contributed by atoms with E-state index in [2.05, 4.69) is 38.8 Å². The summed E-state index contributed by atoms with van der Waals surface area (Å²) >= 11 is 5.24. The van der Waals surface area contributed by atoms with Crippen LogP contribution < -0.4 is 5.32 Å². The maximum absolute atomic E-state index is 9.74. The molecule has 0 aliphatic rings. The van der Waals surface area contributed by atoms with Crippen molar-refractivity contribution in [1.29, 1.82) is 0 Å². The van der Waals surface area contributed by atoms with Gasteiger partial charge in [-0.25, -0.2) is 0 Å². The van der Waals surface area contributed by atoms with Gasteiger partial charge in [0.2, 0.25) is 0 Å². The number of anilines is 1. The van der Waals surface area contributed by atoms with Gasteiger partial charge in [-0.2, -0.15) is 0 Å². The zero-order valence-corrected chi connectivity index (χ0v) is 13.1. The van der Waals surface area contributed by atoms with E-state index < -0.39 is 0 Å². The molecule has 1 heterocycles. The molecular weight excluding hydrogens is 334 g/mol. The van der Waals surface area contributed by atoms with Gasteiger partial charge >= 0.3 is 0 Å². The Kier molecular flexibility index (Phi) is 4.05. The van der Waals surface area contributed by atoms with Crippen molar-refractivity contribution in [2.45, 2.75) is 6.04 Å². The fourth-order valence-corrected chi connectivity index (χ4v) is 3.67. The molecule has 20 heavy (non-hydrogen) atoms. The third-order valence-electron chi connectivity index (χ3n) is 3.27. The lowest BCUT2D eigenvalue weighted by molar-refractivity contribution is 0.277. The van der Waals surface area contributed by atoms with Crippen LogP contribution >= 0.6 is 27.3 Å². The Morgan fingerprint density at radius 3 is 2.65 bits per heavy atom. The summed E-state index contributed by atoms with van der Waals surface area (Å²) < 4.78 is 2.24. The van der Waals surface area contributed by atoms with Crippen molar-refractivity contribution in [3.05, 3.63) is 63.9 Å². The van der Waals surface area contributed by atoms with Crippen LogP contribution in [-0.4, -0.2) is 11.7 Å². The highest BCUT2D eigenvalue weighted by Gasteiger charge is 2.15. The number of aliphatic hydroxyl groups is 1. The third-order valence-corrected chi connectivity index (χ3v) is 4.95. The van der Waals surface area contributed by atoms with Gasteiger partial charge in [0, 0.05) is 14.9 Å². The molecule has 1 unspecified atom stereocenters. The van der Waals surface area contributed by atoms with Gasteiger partial charge in [0.1, 0.15) is 0 Å².